The molecule has 8 heteroatoms. The molecule has 0 aliphatic carbocycles. The minimum absolute atomic E-state index is 0.0145. The van der Waals surface area contributed by atoms with Crippen LogP contribution in [0.5, 0.6) is 0 Å². The molecule has 0 amide bonds. The Morgan fingerprint density at radius 2 is 2.10 bits per heavy atom. The quantitative estimate of drug-likeness (QED) is 0.711. The molecule has 0 radical (unpaired) electrons. The zero-order chi connectivity index (χ0) is 15.2. The van der Waals surface area contributed by atoms with E-state index < -0.39 is 16.0 Å². The third-order valence-corrected chi connectivity index (χ3v) is 4.48. The smallest absolute Gasteiger partial charge is 0.335 e. The van der Waals surface area contributed by atoms with Gasteiger partial charge in [0.15, 0.2) is 0 Å². The van der Waals surface area contributed by atoms with E-state index in [9.17, 15) is 13.2 Å². The van der Waals surface area contributed by atoms with Gasteiger partial charge in [-0.25, -0.2) is 17.9 Å². The van der Waals surface area contributed by atoms with Crippen molar-refractivity contribution in [1.29, 1.82) is 0 Å². The van der Waals surface area contributed by atoms with Crippen molar-refractivity contribution >= 4 is 27.6 Å². The molecule has 1 aromatic rings. The van der Waals surface area contributed by atoms with Gasteiger partial charge < -0.3 is 9.84 Å². The normalized spacial score (nSPS) is 11.5. The van der Waals surface area contributed by atoms with E-state index in [0.29, 0.717) is 13.0 Å². The second-order valence-electron chi connectivity index (χ2n) is 4.05. The Morgan fingerprint density at radius 3 is 2.70 bits per heavy atom. The monoisotopic (exact) mass is 321 g/mol. The Morgan fingerprint density at radius 1 is 1.40 bits per heavy atom. The number of ether oxygens (including phenoxy) is 1. The Hall–Kier alpha value is -1.15. The van der Waals surface area contributed by atoms with Gasteiger partial charge >= 0.3 is 5.97 Å². The molecule has 20 heavy (non-hydrogen) atoms. The number of methoxy groups -OCH3 is 1. The number of halogens is 1. The summed E-state index contributed by atoms with van der Waals surface area (Å²) < 4.78 is 31.3. The maximum absolute atomic E-state index is 12.0. The van der Waals surface area contributed by atoms with E-state index in [-0.39, 0.29) is 22.0 Å². The van der Waals surface area contributed by atoms with Crippen molar-refractivity contribution in [3.8, 4) is 0 Å². The van der Waals surface area contributed by atoms with Crippen molar-refractivity contribution in [1.82, 2.24) is 4.72 Å². The molecule has 0 saturated carbocycles. The first-order chi connectivity index (χ1) is 9.38. The highest BCUT2D eigenvalue weighted by molar-refractivity contribution is 7.89. The Bertz CT molecular complexity index is 573. The molecule has 0 aromatic heterocycles. The molecule has 0 heterocycles. The SMILES string of the molecule is COCCCCNS(=O)(=O)c1cc(C(=O)O)ccc1Cl. The second-order valence-corrected chi connectivity index (χ2v) is 6.19. The molecule has 0 atom stereocenters. The predicted octanol–water partition coefficient (Wildman–Crippen LogP) is 1.74. The largest absolute Gasteiger partial charge is 0.478 e. The highest BCUT2D eigenvalue weighted by Crippen LogP contribution is 2.22. The fourth-order valence-electron chi connectivity index (χ4n) is 1.50. The fourth-order valence-corrected chi connectivity index (χ4v) is 3.10. The first-order valence-electron chi connectivity index (χ1n) is 5.90. The van der Waals surface area contributed by atoms with Crippen LogP contribution in [0.3, 0.4) is 0 Å². The average molecular weight is 322 g/mol. The third-order valence-electron chi connectivity index (χ3n) is 2.53. The van der Waals surface area contributed by atoms with Crippen LogP contribution >= 0.6 is 11.6 Å². The molecule has 0 saturated heterocycles. The first-order valence-corrected chi connectivity index (χ1v) is 7.76. The van der Waals surface area contributed by atoms with Gasteiger partial charge in [0.1, 0.15) is 4.90 Å². The van der Waals surface area contributed by atoms with Crippen LogP contribution in [0.1, 0.15) is 23.2 Å². The van der Waals surface area contributed by atoms with Gasteiger partial charge in [0.05, 0.1) is 10.6 Å². The molecule has 1 aromatic carbocycles. The van der Waals surface area contributed by atoms with Gasteiger partial charge in [-0.15, -0.1) is 0 Å². The van der Waals surface area contributed by atoms with Crippen molar-refractivity contribution in [2.75, 3.05) is 20.3 Å². The highest BCUT2D eigenvalue weighted by atomic mass is 35.5. The second kappa shape index (κ2) is 7.58. The lowest BCUT2D eigenvalue weighted by atomic mass is 10.2. The zero-order valence-corrected chi connectivity index (χ0v) is 12.5. The number of sulfonamides is 1. The number of carboxylic acids is 1. The Balaban J connectivity index is 2.81. The number of aromatic carboxylic acids is 1. The minimum Gasteiger partial charge on any atom is -0.478 e. The number of unbranched alkanes of at least 4 members (excludes halogenated alkanes) is 1. The molecule has 112 valence electrons. The van der Waals surface area contributed by atoms with E-state index in [1.54, 1.807) is 7.11 Å². The van der Waals surface area contributed by atoms with Gasteiger partial charge in [-0.1, -0.05) is 11.6 Å². The Labute approximate surface area is 122 Å². The molecular formula is C12H16ClNO5S. The van der Waals surface area contributed by atoms with Crippen LogP contribution in [-0.2, 0) is 14.8 Å². The number of hydrogen-bond donors (Lipinski definition) is 2. The maximum atomic E-state index is 12.0. The number of rotatable bonds is 8. The van der Waals surface area contributed by atoms with Gasteiger partial charge in [-0.05, 0) is 31.0 Å². The molecule has 0 fully saturated rings. The summed E-state index contributed by atoms with van der Waals surface area (Å²) in [6.07, 6.45) is 1.34. The standard InChI is InChI=1S/C12H16ClNO5S/c1-19-7-3-2-6-14-20(17,18)11-8-9(12(15)16)4-5-10(11)13/h4-5,8,14H,2-3,6-7H2,1H3,(H,15,16). The van der Waals surface area contributed by atoms with Crippen molar-refractivity contribution in [3.05, 3.63) is 28.8 Å². The maximum Gasteiger partial charge on any atom is 0.335 e. The van der Waals surface area contributed by atoms with Crippen LogP contribution in [-0.4, -0.2) is 39.8 Å². The number of benzene rings is 1. The third kappa shape index (κ3) is 4.75. The van der Waals surface area contributed by atoms with E-state index in [1.807, 2.05) is 0 Å². The zero-order valence-electron chi connectivity index (χ0n) is 10.9. The summed E-state index contributed by atoms with van der Waals surface area (Å²) in [7, 11) is -2.25. The molecule has 0 bridgehead atoms. The molecule has 6 nitrogen and oxygen atoms in total. The van der Waals surface area contributed by atoms with Crippen LogP contribution in [0.4, 0.5) is 0 Å². The summed E-state index contributed by atoms with van der Waals surface area (Å²) in [4.78, 5) is 10.6. The summed E-state index contributed by atoms with van der Waals surface area (Å²) in [6, 6.07) is 3.55. The van der Waals surface area contributed by atoms with E-state index in [4.69, 9.17) is 21.4 Å². The highest BCUT2D eigenvalue weighted by Gasteiger charge is 2.19. The topological polar surface area (TPSA) is 92.7 Å². The summed E-state index contributed by atoms with van der Waals surface area (Å²) in [5, 5.41) is 8.85. The van der Waals surface area contributed by atoms with Crippen LogP contribution in [0, 0.1) is 0 Å². The van der Waals surface area contributed by atoms with E-state index >= 15 is 0 Å². The van der Waals surface area contributed by atoms with Gasteiger partial charge in [-0.3, -0.25) is 0 Å². The molecule has 0 spiro atoms. The average Bonchev–Trinajstić information content (AvgIpc) is 2.38. The van der Waals surface area contributed by atoms with Gasteiger partial charge in [0, 0.05) is 20.3 Å². The van der Waals surface area contributed by atoms with Gasteiger partial charge in [-0.2, -0.15) is 0 Å². The molecule has 0 aliphatic rings. The summed E-state index contributed by atoms with van der Waals surface area (Å²) >= 11 is 5.82. The first kappa shape index (κ1) is 16.9. The molecule has 2 N–H and O–H groups in total. The van der Waals surface area contributed by atoms with Crippen LogP contribution in [0.25, 0.3) is 0 Å². The van der Waals surface area contributed by atoms with E-state index in [2.05, 4.69) is 4.72 Å². The van der Waals surface area contributed by atoms with E-state index in [1.165, 1.54) is 12.1 Å². The minimum atomic E-state index is -3.82. The lowest BCUT2D eigenvalue weighted by Gasteiger charge is -2.09. The van der Waals surface area contributed by atoms with Crippen LogP contribution < -0.4 is 4.72 Å². The lowest BCUT2D eigenvalue weighted by Crippen LogP contribution is -2.25. The molecule has 0 aliphatic heterocycles. The summed E-state index contributed by atoms with van der Waals surface area (Å²) in [5.74, 6) is -1.21. The molecule has 1 rings (SSSR count). The van der Waals surface area contributed by atoms with Gasteiger partial charge in [0.2, 0.25) is 10.0 Å². The number of hydrogen-bond acceptors (Lipinski definition) is 4. The van der Waals surface area contributed by atoms with Crippen molar-refractivity contribution in [3.63, 3.8) is 0 Å². The molecule has 0 unspecified atom stereocenters. The van der Waals surface area contributed by atoms with Gasteiger partial charge in [0.25, 0.3) is 0 Å². The van der Waals surface area contributed by atoms with Crippen molar-refractivity contribution < 1.29 is 23.1 Å². The predicted molar refractivity (Wildman–Crippen MR) is 74.7 cm³/mol. The van der Waals surface area contributed by atoms with E-state index in [0.717, 1.165) is 12.5 Å². The lowest BCUT2D eigenvalue weighted by molar-refractivity contribution is 0.0696. The number of carbonyl (C=O) groups is 1. The van der Waals surface area contributed by atoms with Crippen LogP contribution in [0.2, 0.25) is 5.02 Å². The number of nitrogens with one attached hydrogen (secondary N) is 1. The summed E-state index contributed by atoms with van der Waals surface area (Å²) in [6.45, 7) is 0.788. The summed E-state index contributed by atoms with van der Waals surface area (Å²) in [5.41, 5.74) is -0.130. The van der Waals surface area contributed by atoms with Crippen LogP contribution in [0.15, 0.2) is 23.1 Å². The fraction of sp³-hybridized carbons (Fsp3) is 0.417. The Kier molecular flexibility index (Phi) is 6.41. The van der Waals surface area contributed by atoms with Crippen molar-refractivity contribution in [2.45, 2.75) is 17.7 Å². The van der Waals surface area contributed by atoms with Crippen molar-refractivity contribution in [2.24, 2.45) is 0 Å². The molecular weight excluding hydrogens is 306 g/mol. The number of carboxylic acid groups (broad SMARTS) is 1.